The van der Waals surface area contributed by atoms with Crippen molar-refractivity contribution in [2.24, 2.45) is 0 Å². The van der Waals surface area contributed by atoms with Gasteiger partial charge in [-0.15, -0.1) is 11.3 Å². The molecule has 4 nitrogen and oxygen atoms in total. The van der Waals surface area contributed by atoms with Gasteiger partial charge in [0.2, 0.25) is 5.91 Å². The number of methoxy groups -OCH3 is 1. The third-order valence-corrected chi connectivity index (χ3v) is 4.44. The molecular weight excluding hydrogens is 346 g/mol. The Kier molecular flexibility index (Phi) is 7.15. The number of benzene rings is 1. The van der Waals surface area contributed by atoms with E-state index in [1.807, 2.05) is 18.4 Å². The van der Waals surface area contributed by atoms with Gasteiger partial charge in [-0.1, -0.05) is 17.7 Å². The molecule has 0 aliphatic rings. The van der Waals surface area contributed by atoms with E-state index in [2.05, 4.69) is 11.4 Å². The molecule has 1 aromatic heterocycles. The molecule has 0 bridgehead atoms. The average molecular weight is 366 g/mol. The fourth-order valence-corrected chi connectivity index (χ4v) is 3.10. The van der Waals surface area contributed by atoms with E-state index in [1.165, 1.54) is 11.0 Å². The highest BCUT2D eigenvalue weighted by Crippen LogP contribution is 2.36. The van der Waals surface area contributed by atoms with Gasteiger partial charge in [0.05, 0.1) is 18.7 Å². The van der Waals surface area contributed by atoms with Crippen LogP contribution in [0.3, 0.4) is 0 Å². The molecular formula is C18H20ClNO3S. The summed E-state index contributed by atoms with van der Waals surface area (Å²) in [6.45, 7) is 2.99. The third-order valence-electron chi connectivity index (χ3n) is 3.22. The standard InChI is InChI=1S/C18H20ClNO3S/c1-3-23-18-15(19)11-13(12-16(18)22-2)6-7-17(21)20-9-8-14-5-4-10-24-14/h4-7,10-12H,3,8-9H2,1-2H3,(H,20,21)/b7-6+. The van der Waals surface area contributed by atoms with Gasteiger partial charge < -0.3 is 14.8 Å². The number of thiophene rings is 1. The van der Waals surface area contributed by atoms with Gasteiger partial charge >= 0.3 is 0 Å². The Morgan fingerprint density at radius 1 is 1.42 bits per heavy atom. The van der Waals surface area contributed by atoms with Crippen molar-refractivity contribution >= 4 is 34.9 Å². The van der Waals surface area contributed by atoms with Crippen LogP contribution >= 0.6 is 22.9 Å². The van der Waals surface area contributed by atoms with Gasteiger partial charge in [-0.25, -0.2) is 0 Å². The van der Waals surface area contributed by atoms with Crippen LogP contribution in [0.15, 0.2) is 35.7 Å². The lowest BCUT2D eigenvalue weighted by molar-refractivity contribution is -0.116. The molecule has 2 rings (SSSR count). The molecule has 1 aromatic carbocycles. The van der Waals surface area contributed by atoms with E-state index in [-0.39, 0.29) is 5.91 Å². The Hall–Kier alpha value is -1.98. The predicted octanol–water partition coefficient (Wildman–Crippen LogP) is 4.18. The van der Waals surface area contributed by atoms with E-state index in [9.17, 15) is 4.79 Å². The molecule has 0 saturated heterocycles. The molecule has 1 N–H and O–H groups in total. The van der Waals surface area contributed by atoms with Crippen LogP contribution in [0.1, 0.15) is 17.4 Å². The normalized spacial score (nSPS) is 10.8. The van der Waals surface area contributed by atoms with E-state index in [0.717, 1.165) is 12.0 Å². The van der Waals surface area contributed by atoms with E-state index >= 15 is 0 Å². The van der Waals surface area contributed by atoms with Gasteiger partial charge in [-0.2, -0.15) is 0 Å². The number of halogens is 1. The van der Waals surface area contributed by atoms with Gasteiger partial charge in [0, 0.05) is 17.5 Å². The predicted molar refractivity (Wildman–Crippen MR) is 99.2 cm³/mol. The zero-order valence-electron chi connectivity index (χ0n) is 13.7. The summed E-state index contributed by atoms with van der Waals surface area (Å²) in [4.78, 5) is 13.1. The second-order valence-corrected chi connectivity index (χ2v) is 6.36. The lowest BCUT2D eigenvalue weighted by Gasteiger charge is -2.11. The summed E-state index contributed by atoms with van der Waals surface area (Å²) >= 11 is 7.90. The molecule has 0 aliphatic heterocycles. The van der Waals surface area contributed by atoms with Crippen LogP contribution in [-0.2, 0) is 11.2 Å². The number of hydrogen-bond acceptors (Lipinski definition) is 4. The number of carbonyl (C=O) groups excluding carboxylic acids is 1. The maximum absolute atomic E-state index is 11.9. The highest BCUT2D eigenvalue weighted by Gasteiger charge is 2.10. The number of nitrogens with one attached hydrogen (secondary N) is 1. The molecule has 24 heavy (non-hydrogen) atoms. The molecule has 1 heterocycles. The molecule has 0 saturated carbocycles. The highest BCUT2D eigenvalue weighted by molar-refractivity contribution is 7.09. The molecule has 0 atom stereocenters. The van der Waals surface area contributed by atoms with Crippen LogP contribution in [-0.4, -0.2) is 26.2 Å². The molecule has 0 fully saturated rings. The van der Waals surface area contributed by atoms with Crippen LogP contribution in [0.25, 0.3) is 6.08 Å². The lowest BCUT2D eigenvalue weighted by Crippen LogP contribution is -2.23. The van der Waals surface area contributed by atoms with E-state index < -0.39 is 0 Å². The summed E-state index contributed by atoms with van der Waals surface area (Å²) < 4.78 is 10.8. The Bertz CT molecular complexity index is 699. The number of ether oxygens (including phenoxy) is 2. The Labute approximate surface area is 151 Å². The molecule has 1 amide bonds. The van der Waals surface area contributed by atoms with Gasteiger partial charge in [0.1, 0.15) is 0 Å². The molecule has 128 valence electrons. The molecule has 0 radical (unpaired) electrons. The molecule has 0 aliphatic carbocycles. The minimum absolute atomic E-state index is 0.143. The zero-order valence-corrected chi connectivity index (χ0v) is 15.2. The van der Waals surface area contributed by atoms with Crippen LogP contribution in [0.2, 0.25) is 5.02 Å². The molecule has 0 spiro atoms. The molecule has 0 unspecified atom stereocenters. The van der Waals surface area contributed by atoms with E-state index in [1.54, 1.807) is 36.7 Å². The van der Waals surface area contributed by atoms with Gasteiger partial charge in [0.15, 0.2) is 11.5 Å². The summed E-state index contributed by atoms with van der Waals surface area (Å²) in [5.74, 6) is 0.914. The lowest BCUT2D eigenvalue weighted by atomic mass is 10.2. The zero-order chi connectivity index (χ0) is 17.4. The Morgan fingerprint density at radius 3 is 2.92 bits per heavy atom. The van der Waals surface area contributed by atoms with Crippen molar-refractivity contribution in [3.05, 3.63) is 51.2 Å². The van der Waals surface area contributed by atoms with E-state index in [4.69, 9.17) is 21.1 Å². The Balaban J connectivity index is 1.95. The first-order valence-corrected chi connectivity index (χ1v) is 8.88. The smallest absolute Gasteiger partial charge is 0.244 e. The van der Waals surface area contributed by atoms with Gasteiger partial charge in [-0.3, -0.25) is 4.79 Å². The first-order chi connectivity index (χ1) is 11.6. The quantitative estimate of drug-likeness (QED) is 0.714. The fourth-order valence-electron chi connectivity index (χ4n) is 2.11. The SMILES string of the molecule is CCOc1c(Cl)cc(/C=C/C(=O)NCCc2cccs2)cc1OC. The molecule has 6 heteroatoms. The summed E-state index contributed by atoms with van der Waals surface area (Å²) in [6.07, 6.45) is 4.02. The third kappa shape index (κ3) is 5.28. The maximum Gasteiger partial charge on any atom is 0.244 e. The first-order valence-electron chi connectivity index (χ1n) is 7.62. The van der Waals surface area contributed by atoms with Crippen molar-refractivity contribution in [3.8, 4) is 11.5 Å². The van der Waals surface area contributed by atoms with Gasteiger partial charge in [0.25, 0.3) is 0 Å². The largest absolute Gasteiger partial charge is 0.493 e. The minimum Gasteiger partial charge on any atom is -0.493 e. The number of rotatable bonds is 8. The van der Waals surface area contributed by atoms with Crippen molar-refractivity contribution in [2.45, 2.75) is 13.3 Å². The van der Waals surface area contributed by atoms with E-state index in [0.29, 0.717) is 29.7 Å². The highest BCUT2D eigenvalue weighted by atomic mass is 35.5. The van der Waals surface area contributed by atoms with Crippen LogP contribution in [0, 0.1) is 0 Å². The van der Waals surface area contributed by atoms with Crippen LogP contribution < -0.4 is 14.8 Å². The minimum atomic E-state index is -0.143. The second-order valence-electron chi connectivity index (χ2n) is 4.92. The topological polar surface area (TPSA) is 47.6 Å². The Morgan fingerprint density at radius 2 is 2.25 bits per heavy atom. The van der Waals surface area contributed by atoms with Crippen molar-refractivity contribution in [3.63, 3.8) is 0 Å². The number of carbonyl (C=O) groups is 1. The number of amides is 1. The maximum atomic E-state index is 11.9. The number of hydrogen-bond donors (Lipinski definition) is 1. The van der Waals surface area contributed by atoms with Crippen molar-refractivity contribution in [1.82, 2.24) is 5.32 Å². The summed E-state index contributed by atoms with van der Waals surface area (Å²) in [5.41, 5.74) is 0.772. The monoisotopic (exact) mass is 365 g/mol. The molecule has 2 aromatic rings. The van der Waals surface area contributed by atoms with Crippen molar-refractivity contribution < 1.29 is 14.3 Å². The first kappa shape index (κ1) is 18.4. The second kappa shape index (κ2) is 9.35. The van der Waals surface area contributed by atoms with Crippen molar-refractivity contribution in [1.29, 1.82) is 0 Å². The summed E-state index contributed by atoms with van der Waals surface area (Å²) in [7, 11) is 1.55. The van der Waals surface area contributed by atoms with Crippen LogP contribution in [0.4, 0.5) is 0 Å². The van der Waals surface area contributed by atoms with Crippen molar-refractivity contribution in [2.75, 3.05) is 20.3 Å². The van der Waals surface area contributed by atoms with Crippen LogP contribution in [0.5, 0.6) is 11.5 Å². The average Bonchev–Trinajstić information content (AvgIpc) is 3.08. The summed E-state index contributed by atoms with van der Waals surface area (Å²) in [5, 5.41) is 5.34. The fraction of sp³-hybridized carbons (Fsp3) is 0.278. The summed E-state index contributed by atoms with van der Waals surface area (Å²) in [6, 6.07) is 7.59. The van der Waals surface area contributed by atoms with Gasteiger partial charge in [-0.05, 0) is 48.6 Å².